The van der Waals surface area contributed by atoms with Crippen molar-refractivity contribution in [3.05, 3.63) is 11.6 Å². The molecule has 1 heterocycles. The van der Waals surface area contributed by atoms with Gasteiger partial charge in [0.2, 0.25) is 5.60 Å². The highest BCUT2D eigenvalue weighted by Crippen LogP contribution is 2.27. The van der Waals surface area contributed by atoms with Gasteiger partial charge in [0.05, 0.1) is 0 Å². The SMILES string of the molecule is O=C1NC(=O)C(O)(CC2=CCCC2)C(=O)N1. The molecule has 0 spiro atoms. The molecule has 0 saturated carbocycles. The van der Waals surface area contributed by atoms with Crippen molar-refractivity contribution in [2.24, 2.45) is 0 Å². The molecule has 3 N–H and O–H groups in total. The molecule has 0 bridgehead atoms. The summed E-state index contributed by atoms with van der Waals surface area (Å²) in [6.07, 6.45) is 4.50. The van der Waals surface area contributed by atoms with Crippen molar-refractivity contribution < 1.29 is 19.5 Å². The molecule has 0 aromatic rings. The van der Waals surface area contributed by atoms with E-state index in [-0.39, 0.29) is 6.42 Å². The molecule has 0 atom stereocenters. The Balaban J connectivity index is 2.18. The second-order valence-corrected chi connectivity index (χ2v) is 4.03. The fourth-order valence-electron chi connectivity index (χ4n) is 1.93. The van der Waals surface area contributed by atoms with Crippen LogP contribution in [0, 0.1) is 0 Å². The Hall–Kier alpha value is -1.69. The van der Waals surface area contributed by atoms with Gasteiger partial charge in [0.15, 0.2) is 0 Å². The van der Waals surface area contributed by atoms with Gasteiger partial charge in [-0.1, -0.05) is 11.6 Å². The molecule has 6 nitrogen and oxygen atoms in total. The first-order chi connectivity index (χ1) is 7.52. The van der Waals surface area contributed by atoms with E-state index in [9.17, 15) is 19.5 Å². The van der Waals surface area contributed by atoms with Gasteiger partial charge in [-0.25, -0.2) is 4.79 Å². The zero-order chi connectivity index (χ0) is 11.8. The summed E-state index contributed by atoms with van der Waals surface area (Å²) in [5.74, 6) is -1.90. The van der Waals surface area contributed by atoms with Crippen molar-refractivity contribution in [1.29, 1.82) is 0 Å². The first-order valence-electron chi connectivity index (χ1n) is 5.09. The van der Waals surface area contributed by atoms with Crippen molar-refractivity contribution in [1.82, 2.24) is 10.6 Å². The number of barbiturate groups is 1. The minimum Gasteiger partial charge on any atom is -0.371 e. The van der Waals surface area contributed by atoms with Gasteiger partial charge in [-0.15, -0.1) is 0 Å². The molecule has 0 aromatic carbocycles. The Kier molecular flexibility index (Phi) is 2.51. The second-order valence-electron chi connectivity index (χ2n) is 4.03. The molecule has 1 aliphatic carbocycles. The molecule has 1 aliphatic heterocycles. The van der Waals surface area contributed by atoms with Gasteiger partial charge < -0.3 is 5.11 Å². The number of rotatable bonds is 2. The molecule has 0 unspecified atom stereocenters. The van der Waals surface area contributed by atoms with Crippen LogP contribution in [0.5, 0.6) is 0 Å². The standard InChI is InChI=1S/C10H12N2O4/c13-7-10(16,5-6-3-1-2-4-6)8(14)12-9(15)11-7/h3,16H,1-2,4-5H2,(H2,11,12,13,14,15). The van der Waals surface area contributed by atoms with E-state index >= 15 is 0 Å². The van der Waals surface area contributed by atoms with Gasteiger partial charge >= 0.3 is 6.03 Å². The van der Waals surface area contributed by atoms with Crippen LogP contribution in [0.3, 0.4) is 0 Å². The minimum atomic E-state index is -2.15. The van der Waals surface area contributed by atoms with E-state index in [1.807, 2.05) is 16.7 Å². The highest BCUT2D eigenvalue weighted by Gasteiger charge is 2.49. The van der Waals surface area contributed by atoms with Gasteiger partial charge in [-0.05, 0) is 19.3 Å². The zero-order valence-electron chi connectivity index (χ0n) is 8.58. The average molecular weight is 224 g/mol. The van der Waals surface area contributed by atoms with Gasteiger partial charge in [-0.2, -0.15) is 0 Å². The lowest BCUT2D eigenvalue weighted by atomic mass is 9.91. The number of amides is 4. The molecular formula is C10H12N2O4. The smallest absolute Gasteiger partial charge is 0.328 e. The van der Waals surface area contributed by atoms with Crippen molar-refractivity contribution >= 4 is 17.8 Å². The molecule has 0 aromatic heterocycles. The third-order valence-corrected chi connectivity index (χ3v) is 2.82. The highest BCUT2D eigenvalue weighted by atomic mass is 16.3. The summed E-state index contributed by atoms with van der Waals surface area (Å²) < 4.78 is 0. The molecule has 16 heavy (non-hydrogen) atoms. The maximum Gasteiger partial charge on any atom is 0.328 e. The molecule has 6 heteroatoms. The van der Waals surface area contributed by atoms with Crippen LogP contribution in [0.1, 0.15) is 25.7 Å². The van der Waals surface area contributed by atoms with Gasteiger partial charge in [0.25, 0.3) is 11.8 Å². The first-order valence-corrected chi connectivity index (χ1v) is 5.09. The topological polar surface area (TPSA) is 95.5 Å². The maximum absolute atomic E-state index is 11.5. The number of aliphatic hydroxyl groups is 1. The Morgan fingerprint density at radius 2 is 1.88 bits per heavy atom. The Morgan fingerprint density at radius 3 is 2.38 bits per heavy atom. The Bertz CT molecular complexity index is 380. The van der Waals surface area contributed by atoms with Crippen LogP contribution in [-0.2, 0) is 9.59 Å². The molecule has 1 saturated heterocycles. The Morgan fingerprint density at radius 1 is 1.25 bits per heavy atom. The summed E-state index contributed by atoms with van der Waals surface area (Å²) in [4.78, 5) is 33.7. The number of carbonyl (C=O) groups excluding carboxylic acids is 3. The molecule has 2 aliphatic rings. The van der Waals surface area contributed by atoms with Gasteiger partial charge in [0, 0.05) is 6.42 Å². The van der Waals surface area contributed by atoms with Crippen molar-refractivity contribution in [2.45, 2.75) is 31.3 Å². The fraction of sp³-hybridized carbons (Fsp3) is 0.500. The predicted molar refractivity (Wildman–Crippen MR) is 53.2 cm³/mol. The number of hydrogen-bond acceptors (Lipinski definition) is 4. The van der Waals surface area contributed by atoms with Crippen LogP contribution in [0.15, 0.2) is 11.6 Å². The van der Waals surface area contributed by atoms with E-state index in [0.29, 0.717) is 0 Å². The molecule has 0 radical (unpaired) electrons. The van der Waals surface area contributed by atoms with Gasteiger partial charge in [-0.3, -0.25) is 20.2 Å². The number of hydrogen-bond donors (Lipinski definition) is 3. The zero-order valence-corrected chi connectivity index (χ0v) is 8.58. The molecule has 4 amide bonds. The van der Waals surface area contributed by atoms with Crippen molar-refractivity contribution in [2.75, 3.05) is 0 Å². The second kappa shape index (κ2) is 3.71. The Labute approximate surface area is 91.7 Å². The number of allylic oxidation sites excluding steroid dienone is 1. The van der Waals surface area contributed by atoms with Crippen molar-refractivity contribution in [3.8, 4) is 0 Å². The van der Waals surface area contributed by atoms with E-state index in [4.69, 9.17) is 0 Å². The summed E-state index contributed by atoms with van der Waals surface area (Å²) in [5, 5.41) is 13.7. The van der Waals surface area contributed by atoms with Crippen LogP contribution in [0.25, 0.3) is 0 Å². The molecule has 86 valence electrons. The van der Waals surface area contributed by atoms with Crippen LogP contribution in [-0.4, -0.2) is 28.6 Å². The number of carbonyl (C=O) groups is 3. The van der Waals surface area contributed by atoms with Gasteiger partial charge in [0.1, 0.15) is 0 Å². The molecule has 2 rings (SSSR count). The quantitative estimate of drug-likeness (QED) is 0.438. The molecule has 1 fully saturated rings. The predicted octanol–water partition coefficient (Wildman–Crippen LogP) is -0.416. The normalized spacial score (nSPS) is 23.8. The summed E-state index contributed by atoms with van der Waals surface area (Å²) in [5.41, 5.74) is -1.27. The summed E-state index contributed by atoms with van der Waals surface area (Å²) in [6, 6.07) is -0.889. The number of imide groups is 2. The average Bonchev–Trinajstić information content (AvgIpc) is 2.67. The monoisotopic (exact) mass is 224 g/mol. The summed E-state index contributed by atoms with van der Waals surface area (Å²) in [6.45, 7) is 0. The lowest BCUT2D eigenvalue weighted by Gasteiger charge is -2.29. The van der Waals surface area contributed by atoms with Crippen molar-refractivity contribution in [3.63, 3.8) is 0 Å². The van der Waals surface area contributed by atoms with E-state index in [1.165, 1.54) is 0 Å². The van der Waals surface area contributed by atoms with Crippen LogP contribution in [0.2, 0.25) is 0 Å². The van der Waals surface area contributed by atoms with E-state index in [2.05, 4.69) is 0 Å². The van der Waals surface area contributed by atoms with E-state index < -0.39 is 23.4 Å². The van der Waals surface area contributed by atoms with E-state index in [0.717, 1.165) is 24.8 Å². The maximum atomic E-state index is 11.5. The van der Waals surface area contributed by atoms with Crippen LogP contribution in [0.4, 0.5) is 4.79 Å². The number of nitrogens with one attached hydrogen (secondary N) is 2. The first kappa shape index (κ1) is 10.8. The lowest BCUT2D eigenvalue weighted by molar-refractivity contribution is -0.154. The van der Waals surface area contributed by atoms with E-state index in [1.54, 1.807) is 0 Å². The number of urea groups is 1. The largest absolute Gasteiger partial charge is 0.371 e. The molecular weight excluding hydrogens is 212 g/mol. The lowest BCUT2D eigenvalue weighted by Crippen LogP contribution is -2.66. The third kappa shape index (κ3) is 1.71. The summed E-state index contributed by atoms with van der Waals surface area (Å²) >= 11 is 0. The minimum absolute atomic E-state index is 0.0437. The third-order valence-electron chi connectivity index (χ3n) is 2.82. The highest BCUT2D eigenvalue weighted by molar-refractivity contribution is 6.21. The van der Waals surface area contributed by atoms with Crippen LogP contribution >= 0.6 is 0 Å². The summed E-state index contributed by atoms with van der Waals surface area (Å²) in [7, 11) is 0. The fourth-order valence-corrected chi connectivity index (χ4v) is 1.93. The van der Waals surface area contributed by atoms with Crippen LogP contribution < -0.4 is 10.6 Å².